The molecule has 10 heteroatoms. The van der Waals surface area contributed by atoms with Crippen LogP contribution in [0, 0.1) is 5.92 Å². The number of hydrogen-bond acceptors (Lipinski definition) is 5. The molecule has 3 rings (SSSR count). The molecule has 1 aromatic heterocycles. The first kappa shape index (κ1) is 22.9. The lowest BCUT2D eigenvalue weighted by molar-refractivity contribution is -0.125. The zero-order valence-electron chi connectivity index (χ0n) is 16.2. The van der Waals surface area contributed by atoms with Gasteiger partial charge in [-0.2, -0.15) is 13.9 Å². The molecule has 0 bridgehead atoms. The fourth-order valence-corrected chi connectivity index (χ4v) is 3.38. The lowest BCUT2D eigenvalue weighted by Crippen LogP contribution is -2.33. The second-order valence-electron chi connectivity index (χ2n) is 6.63. The number of nitrogens with one attached hydrogen (secondary N) is 2. The van der Waals surface area contributed by atoms with Crippen LogP contribution in [0.15, 0.2) is 30.6 Å². The molecule has 0 spiro atoms. The number of alkyl halides is 2. The van der Waals surface area contributed by atoms with Crippen molar-refractivity contribution in [1.29, 1.82) is 0 Å². The van der Waals surface area contributed by atoms with E-state index in [0.29, 0.717) is 13.2 Å². The molecule has 2 aromatic rings. The lowest BCUT2D eigenvalue weighted by Gasteiger charge is -2.17. The van der Waals surface area contributed by atoms with E-state index < -0.39 is 6.61 Å². The number of carbonyl (C=O) groups is 1. The zero-order chi connectivity index (χ0) is 20.1. The van der Waals surface area contributed by atoms with Crippen LogP contribution in [-0.4, -0.2) is 42.0 Å². The molecule has 1 fully saturated rings. The van der Waals surface area contributed by atoms with Crippen LogP contribution < -0.4 is 20.1 Å². The number of aromatic nitrogens is 2. The molecular formula is C19H25ClF2N4O3. The Morgan fingerprint density at radius 3 is 2.83 bits per heavy atom. The van der Waals surface area contributed by atoms with E-state index in [-0.39, 0.29) is 48.2 Å². The zero-order valence-corrected chi connectivity index (χ0v) is 17.0. The van der Waals surface area contributed by atoms with Crippen LogP contribution in [0.25, 0.3) is 0 Å². The summed E-state index contributed by atoms with van der Waals surface area (Å²) < 4.78 is 36.6. The predicted octanol–water partition coefficient (Wildman–Crippen LogP) is 2.46. The highest BCUT2D eigenvalue weighted by Crippen LogP contribution is 2.30. The van der Waals surface area contributed by atoms with E-state index in [4.69, 9.17) is 4.74 Å². The number of nitrogens with zero attached hydrogens (tertiary/aromatic N) is 2. The smallest absolute Gasteiger partial charge is 0.387 e. The van der Waals surface area contributed by atoms with Crippen LogP contribution in [0.2, 0.25) is 0 Å². The first-order chi connectivity index (χ1) is 13.5. The number of hydrogen-bond donors (Lipinski definition) is 2. The maximum Gasteiger partial charge on any atom is 0.387 e. The van der Waals surface area contributed by atoms with Crippen molar-refractivity contribution in [3.05, 3.63) is 41.7 Å². The molecule has 0 saturated carbocycles. The Kier molecular flexibility index (Phi) is 8.21. The molecule has 0 aliphatic carbocycles. The van der Waals surface area contributed by atoms with Gasteiger partial charge in [0.15, 0.2) is 11.5 Å². The first-order valence-electron chi connectivity index (χ1n) is 9.15. The van der Waals surface area contributed by atoms with E-state index in [2.05, 4.69) is 20.5 Å². The number of rotatable bonds is 8. The van der Waals surface area contributed by atoms with Crippen LogP contribution in [0.5, 0.6) is 11.5 Å². The average Bonchev–Trinajstić information content (AvgIpc) is 3.30. The SMILES string of the molecule is CCOc1cc(CNC(=O)[C@H]2CNC[C@@H]2c2cnn(C)c2)ccc1OC(F)F.Cl. The van der Waals surface area contributed by atoms with Crippen LogP contribution in [0.3, 0.4) is 0 Å². The first-order valence-corrected chi connectivity index (χ1v) is 9.15. The molecule has 7 nitrogen and oxygen atoms in total. The van der Waals surface area contributed by atoms with Crippen molar-refractivity contribution in [1.82, 2.24) is 20.4 Å². The third-order valence-electron chi connectivity index (χ3n) is 4.69. The maximum absolute atomic E-state index is 12.7. The summed E-state index contributed by atoms with van der Waals surface area (Å²) in [7, 11) is 1.85. The van der Waals surface area contributed by atoms with E-state index in [9.17, 15) is 13.6 Å². The summed E-state index contributed by atoms with van der Waals surface area (Å²) in [5.41, 5.74) is 1.77. The number of aryl methyl sites for hydroxylation is 1. The largest absolute Gasteiger partial charge is 0.490 e. The summed E-state index contributed by atoms with van der Waals surface area (Å²) in [5.74, 6) is 0.00473. The highest BCUT2D eigenvalue weighted by molar-refractivity contribution is 5.85. The van der Waals surface area contributed by atoms with Gasteiger partial charge in [-0.3, -0.25) is 9.48 Å². The van der Waals surface area contributed by atoms with Crippen LogP contribution in [-0.2, 0) is 18.4 Å². The van der Waals surface area contributed by atoms with Crippen LogP contribution >= 0.6 is 12.4 Å². The number of ether oxygens (including phenoxy) is 2. The molecule has 2 N–H and O–H groups in total. The standard InChI is InChI=1S/C19H24F2N4O3.ClH/c1-3-27-17-6-12(4-5-16(17)28-19(20)21)7-23-18(26)15-10-22-9-14(15)13-8-24-25(2)11-13;/h4-6,8,11,14-15,19,22H,3,7,9-10H2,1-2H3,(H,23,26);1H/t14-,15+;/m1./s1. The van der Waals surface area contributed by atoms with Gasteiger partial charge in [0.25, 0.3) is 0 Å². The van der Waals surface area contributed by atoms with Crippen molar-refractivity contribution in [2.24, 2.45) is 13.0 Å². The van der Waals surface area contributed by atoms with Gasteiger partial charge in [0.05, 0.1) is 18.7 Å². The topological polar surface area (TPSA) is 77.4 Å². The fraction of sp³-hybridized carbons (Fsp3) is 0.474. The van der Waals surface area contributed by atoms with E-state index >= 15 is 0 Å². The van der Waals surface area contributed by atoms with Gasteiger partial charge in [0, 0.05) is 38.8 Å². The Balaban J connectivity index is 0.00000300. The highest BCUT2D eigenvalue weighted by Gasteiger charge is 2.34. The van der Waals surface area contributed by atoms with Gasteiger partial charge < -0.3 is 20.1 Å². The van der Waals surface area contributed by atoms with Gasteiger partial charge in [-0.15, -0.1) is 12.4 Å². The summed E-state index contributed by atoms with van der Waals surface area (Å²) >= 11 is 0. The molecule has 29 heavy (non-hydrogen) atoms. The van der Waals surface area contributed by atoms with Gasteiger partial charge in [-0.05, 0) is 30.2 Å². The van der Waals surface area contributed by atoms with Crippen molar-refractivity contribution >= 4 is 18.3 Å². The monoisotopic (exact) mass is 430 g/mol. The highest BCUT2D eigenvalue weighted by atomic mass is 35.5. The van der Waals surface area contributed by atoms with Gasteiger partial charge in [0.1, 0.15) is 0 Å². The van der Waals surface area contributed by atoms with Gasteiger partial charge in [-0.25, -0.2) is 0 Å². The molecule has 1 amide bonds. The van der Waals surface area contributed by atoms with Crippen molar-refractivity contribution < 1.29 is 23.0 Å². The number of benzene rings is 1. The summed E-state index contributed by atoms with van der Waals surface area (Å²) in [6.45, 7) is 0.727. The summed E-state index contributed by atoms with van der Waals surface area (Å²) in [5, 5.41) is 10.4. The molecule has 2 heterocycles. The second-order valence-corrected chi connectivity index (χ2v) is 6.63. The Hall–Kier alpha value is -2.39. The van der Waals surface area contributed by atoms with Crippen molar-refractivity contribution in [3.8, 4) is 11.5 Å². The normalized spacial score (nSPS) is 18.4. The Bertz CT molecular complexity index is 819. The van der Waals surface area contributed by atoms with E-state index in [0.717, 1.165) is 17.7 Å². The van der Waals surface area contributed by atoms with Crippen LogP contribution in [0.4, 0.5) is 8.78 Å². The Morgan fingerprint density at radius 1 is 1.38 bits per heavy atom. The Morgan fingerprint density at radius 2 is 2.17 bits per heavy atom. The summed E-state index contributed by atoms with van der Waals surface area (Å²) in [6.07, 6.45) is 3.71. The second kappa shape index (κ2) is 10.4. The maximum atomic E-state index is 12.7. The van der Waals surface area contributed by atoms with E-state index in [1.54, 1.807) is 29.9 Å². The molecule has 0 radical (unpaired) electrons. The minimum absolute atomic E-state index is 0. The quantitative estimate of drug-likeness (QED) is 0.672. The molecule has 1 saturated heterocycles. The van der Waals surface area contributed by atoms with Crippen molar-refractivity contribution in [2.45, 2.75) is 26.0 Å². The minimum atomic E-state index is -2.93. The van der Waals surface area contributed by atoms with Gasteiger partial charge in [-0.1, -0.05) is 6.07 Å². The predicted molar refractivity (Wildman–Crippen MR) is 106 cm³/mol. The van der Waals surface area contributed by atoms with E-state index in [1.807, 2.05) is 13.2 Å². The minimum Gasteiger partial charge on any atom is -0.490 e. The Labute approximate surface area is 174 Å². The third-order valence-corrected chi connectivity index (χ3v) is 4.69. The molecule has 1 aromatic carbocycles. The van der Waals surface area contributed by atoms with Gasteiger partial charge in [0.2, 0.25) is 5.91 Å². The van der Waals surface area contributed by atoms with E-state index in [1.165, 1.54) is 6.07 Å². The van der Waals surface area contributed by atoms with Crippen molar-refractivity contribution in [3.63, 3.8) is 0 Å². The third kappa shape index (κ3) is 5.80. The average molecular weight is 431 g/mol. The van der Waals surface area contributed by atoms with Crippen LogP contribution in [0.1, 0.15) is 24.0 Å². The van der Waals surface area contributed by atoms with Crippen molar-refractivity contribution in [2.75, 3.05) is 19.7 Å². The number of carbonyl (C=O) groups excluding carboxylic acids is 1. The number of halogens is 3. The molecular weight excluding hydrogens is 406 g/mol. The summed E-state index contributed by atoms with van der Waals surface area (Å²) in [6, 6.07) is 4.66. The van der Waals surface area contributed by atoms with Gasteiger partial charge >= 0.3 is 6.61 Å². The number of amides is 1. The molecule has 0 unspecified atom stereocenters. The molecule has 1 aliphatic rings. The molecule has 160 valence electrons. The molecule has 1 aliphatic heterocycles. The lowest BCUT2D eigenvalue weighted by atomic mass is 9.90. The summed E-state index contributed by atoms with van der Waals surface area (Å²) in [4.78, 5) is 12.7. The fourth-order valence-electron chi connectivity index (χ4n) is 3.38. The molecule has 2 atom stereocenters.